The highest BCUT2D eigenvalue weighted by atomic mass is 16.4. The van der Waals surface area contributed by atoms with Crippen molar-refractivity contribution >= 4 is 23.8 Å². The van der Waals surface area contributed by atoms with E-state index < -0.39 is 48.8 Å². The molecule has 9 nitrogen and oxygen atoms in total. The Labute approximate surface area is 114 Å². The number of carbonyl (C=O) groups is 4. The minimum atomic E-state index is -1.29. The van der Waals surface area contributed by atoms with Crippen LogP contribution in [-0.4, -0.2) is 59.1 Å². The topological polar surface area (TPSA) is 145 Å². The fraction of sp³-hybridized carbons (Fsp3) is 0.636. The summed E-state index contributed by atoms with van der Waals surface area (Å²) in [5.41, 5.74) is 0. The Bertz CT molecular complexity index is 405. The van der Waals surface area contributed by atoms with Gasteiger partial charge in [0.1, 0.15) is 12.6 Å². The third-order valence-corrected chi connectivity index (χ3v) is 2.80. The molecule has 1 heterocycles. The van der Waals surface area contributed by atoms with Gasteiger partial charge in [-0.25, -0.2) is 0 Å². The number of hydrogen-bond acceptors (Lipinski definition) is 5. The molecule has 9 heteroatoms. The second-order valence-corrected chi connectivity index (χ2v) is 4.42. The number of carboxylic acid groups (broad SMARTS) is 2. The molecule has 2 amide bonds. The van der Waals surface area contributed by atoms with Crippen molar-refractivity contribution in [2.45, 2.75) is 31.3 Å². The van der Waals surface area contributed by atoms with E-state index in [1.807, 2.05) is 5.32 Å². The smallest absolute Gasteiger partial charge is 0.322 e. The van der Waals surface area contributed by atoms with Crippen LogP contribution in [-0.2, 0) is 19.2 Å². The van der Waals surface area contributed by atoms with Gasteiger partial charge in [0.2, 0.25) is 11.8 Å². The van der Waals surface area contributed by atoms with Crippen molar-refractivity contribution in [2.75, 3.05) is 13.1 Å². The summed E-state index contributed by atoms with van der Waals surface area (Å²) in [7, 11) is 0. The van der Waals surface area contributed by atoms with E-state index in [-0.39, 0.29) is 0 Å². The third kappa shape index (κ3) is 5.22. The van der Waals surface area contributed by atoms with Crippen molar-refractivity contribution in [3.05, 3.63) is 0 Å². The standard InChI is InChI=1S/C11H17N3O6/c15-8(16)4-7(10(19)13-5-9(17)18)14-11(20)6-2-1-3-12-6/h6-7,12H,1-5H2,(H,13,19)(H,14,20)(H,15,16)(H,17,18)/t6-,7-/m0/s1. The first kappa shape index (κ1) is 15.9. The van der Waals surface area contributed by atoms with Crippen molar-refractivity contribution < 1.29 is 29.4 Å². The number of carboxylic acids is 2. The summed E-state index contributed by atoms with van der Waals surface area (Å²) in [6, 6.07) is -1.74. The van der Waals surface area contributed by atoms with Gasteiger partial charge >= 0.3 is 11.9 Å². The van der Waals surface area contributed by atoms with Gasteiger partial charge in [0.25, 0.3) is 0 Å². The number of carbonyl (C=O) groups excluding carboxylic acids is 2. The largest absolute Gasteiger partial charge is 0.481 e. The zero-order valence-electron chi connectivity index (χ0n) is 10.7. The quantitative estimate of drug-likeness (QED) is 0.360. The summed E-state index contributed by atoms with van der Waals surface area (Å²) >= 11 is 0. The Morgan fingerprint density at radius 3 is 2.40 bits per heavy atom. The van der Waals surface area contributed by atoms with E-state index in [4.69, 9.17) is 10.2 Å². The Hall–Kier alpha value is -2.16. The van der Waals surface area contributed by atoms with Gasteiger partial charge in [-0.3, -0.25) is 19.2 Å². The molecule has 1 fully saturated rings. The summed E-state index contributed by atoms with van der Waals surface area (Å²) in [6.07, 6.45) is 0.833. The Kier molecular flexibility index (Phi) is 5.91. The lowest BCUT2D eigenvalue weighted by Gasteiger charge is -2.18. The molecule has 2 atom stereocenters. The number of aliphatic carboxylic acids is 2. The van der Waals surface area contributed by atoms with Crippen LogP contribution in [0, 0.1) is 0 Å². The van der Waals surface area contributed by atoms with Crippen molar-refractivity contribution in [3.63, 3.8) is 0 Å². The van der Waals surface area contributed by atoms with Crippen LogP contribution in [0.25, 0.3) is 0 Å². The van der Waals surface area contributed by atoms with E-state index in [2.05, 4.69) is 10.6 Å². The third-order valence-electron chi connectivity index (χ3n) is 2.80. The molecule has 5 N–H and O–H groups in total. The normalized spacial score (nSPS) is 19.1. The van der Waals surface area contributed by atoms with Crippen LogP contribution < -0.4 is 16.0 Å². The molecule has 112 valence electrons. The molecule has 1 rings (SSSR count). The molecule has 0 aromatic heterocycles. The molecule has 0 bridgehead atoms. The van der Waals surface area contributed by atoms with Crippen molar-refractivity contribution in [2.24, 2.45) is 0 Å². The average molecular weight is 287 g/mol. The van der Waals surface area contributed by atoms with Crippen LogP contribution in [0.1, 0.15) is 19.3 Å². The first-order chi connectivity index (χ1) is 9.40. The van der Waals surface area contributed by atoms with Crippen LogP contribution in [0.4, 0.5) is 0 Å². The van der Waals surface area contributed by atoms with E-state index >= 15 is 0 Å². The van der Waals surface area contributed by atoms with Gasteiger partial charge in [-0.2, -0.15) is 0 Å². The molecule has 0 aliphatic carbocycles. The fourth-order valence-electron chi connectivity index (χ4n) is 1.85. The van der Waals surface area contributed by atoms with Gasteiger partial charge in [-0.1, -0.05) is 0 Å². The maximum atomic E-state index is 11.8. The summed E-state index contributed by atoms with van der Waals surface area (Å²) < 4.78 is 0. The SMILES string of the molecule is O=C(O)CNC(=O)[C@H](CC(=O)O)NC(=O)[C@@H]1CCCN1. The molecule has 0 unspecified atom stereocenters. The molecule has 1 aliphatic heterocycles. The fourth-order valence-corrected chi connectivity index (χ4v) is 1.85. The number of rotatable bonds is 7. The monoisotopic (exact) mass is 287 g/mol. The second kappa shape index (κ2) is 7.43. The molecule has 0 saturated carbocycles. The van der Waals surface area contributed by atoms with Crippen LogP contribution in [0.15, 0.2) is 0 Å². The maximum absolute atomic E-state index is 11.8. The van der Waals surface area contributed by atoms with Gasteiger partial charge in [-0.05, 0) is 19.4 Å². The number of hydrogen-bond donors (Lipinski definition) is 5. The Morgan fingerprint density at radius 2 is 1.90 bits per heavy atom. The highest BCUT2D eigenvalue weighted by molar-refractivity contribution is 5.93. The van der Waals surface area contributed by atoms with Crippen LogP contribution in [0.5, 0.6) is 0 Å². The van der Waals surface area contributed by atoms with Crippen LogP contribution >= 0.6 is 0 Å². The zero-order valence-corrected chi connectivity index (χ0v) is 10.7. The first-order valence-electron chi connectivity index (χ1n) is 6.15. The summed E-state index contributed by atoms with van der Waals surface area (Å²) in [5, 5.41) is 24.5. The van der Waals surface area contributed by atoms with Gasteiger partial charge in [0.15, 0.2) is 0 Å². The summed E-state index contributed by atoms with van der Waals surface area (Å²) in [5.74, 6) is -3.81. The molecular weight excluding hydrogens is 270 g/mol. The summed E-state index contributed by atoms with van der Waals surface area (Å²) in [6.45, 7) is 0.0550. The molecule has 20 heavy (non-hydrogen) atoms. The van der Waals surface area contributed by atoms with Gasteiger partial charge in [-0.15, -0.1) is 0 Å². The lowest BCUT2D eigenvalue weighted by Crippen LogP contribution is -2.52. The minimum Gasteiger partial charge on any atom is -0.481 e. The molecule has 0 aromatic rings. The molecule has 0 aromatic carbocycles. The predicted molar refractivity (Wildman–Crippen MR) is 65.9 cm³/mol. The molecule has 0 radical (unpaired) electrons. The predicted octanol–water partition coefficient (Wildman–Crippen LogP) is -2.10. The molecule has 1 aliphatic rings. The van der Waals surface area contributed by atoms with E-state index in [1.54, 1.807) is 0 Å². The van der Waals surface area contributed by atoms with Crippen LogP contribution in [0.3, 0.4) is 0 Å². The van der Waals surface area contributed by atoms with Gasteiger partial charge in [0.05, 0.1) is 12.5 Å². The van der Waals surface area contributed by atoms with Crippen molar-refractivity contribution in [3.8, 4) is 0 Å². The molecular formula is C11H17N3O6. The first-order valence-corrected chi connectivity index (χ1v) is 6.15. The van der Waals surface area contributed by atoms with Gasteiger partial charge in [0, 0.05) is 0 Å². The summed E-state index contributed by atoms with van der Waals surface area (Å²) in [4.78, 5) is 44.5. The van der Waals surface area contributed by atoms with E-state index in [1.165, 1.54) is 0 Å². The lowest BCUT2D eigenvalue weighted by molar-refractivity contribution is -0.141. The maximum Gasteiger partial charge on any atom is 0.322 e. The Balaban J connectivity index is 2.58. The zero-order chi connectivity index (χ0) is 15.1. The second-order valence-electron chi connectivity index (χ2n) is 4.42. The highest BCUT2D eigenvalue weighted by Crippen LogP contribution is 2.05. The molecule has 0 spiro atoms. The van der Waals surface area contributed by atoms with Gasteiger partial charge < -0.3 is 26.2 Å². The highest BCUT2D eigenvalue weighted by Gasteiger charge is 2.28. The lowest BCUT2D eigenvalue weighted by atomic mass is 10.1. The Morgan fingerprint density at radius 1 is 1.20 bits per heavy atom. The van der Waals surface area contributed by atoms with Crippen molar-refractivity contribution in [1.82, 2.24) is 16.0 Å². The van der Waals surface area contributed by atoms with Crippen molar-refractivity contribution in [1.29, 1.82) is 0 Å². The number of nitrogens with one attached hydrogen (secondary N) is 3. The van der Waals surface area contributed by atoms with E-state index in [0.717, 1.165) is 6.42 Å². The molecule has 1 saturated heterocycles. The van der Waals surface area contributed by atoms with Crippen LogP contribution in [0.2, 0.25) is 0 Å². The van der Waals surface area contributed by atoms with E-state index in [9.17, 15) is 19.2 Å². The number of amides is 2. The minimum absolute atomic E-state index is 0.446. The van der Waals surface area contributed by atoms with E-state index in [0.29, 0.717) is 13.0 Å². The average Bonchev–Trinajstić information content (AvgIpc) is 2.88.